The second kappa shape index (κ2) is 2.53. The highest BCUT2D eigenvalue weighted by molar-refractivity contribution is 7.05. The zero-order chi connectivity index (χ0) is 7.73. The van der Waals surface area contributed by atoms with Crippen LogP contribution in [0.25, 0.3) is 0 Å². The first-order chi connectivity index (χ1) is 5.29. The third-order valence-electron chi connectivity index (χ3n) is 2.14. The van der Waals surface area contributed by atoms with E-state index in [2.05, 4.69) is 9.36 Å². The Balaban J connectivity index is 1.83. The Morgan fingerprint density at radius 3 is 3.00 bits per heavy atom. The van der Waals surface area contributed by atoms with Gasteiger partial charge in [-0.2, -0.15) is 4.37 Å². The highest BCUT2D eigenvalue weighted by atomic mass is 32.1. The first-order valence-electron chi connectivity index (χ1n) is 3.83. The molecular weight excluding hydrogens is 158 g/mol. The highest BCUT2D eigenvalue weighted by Gasteiger charge is 2.37. The fourth-order valence-electron chi connectivity index (χ4n) is 1.07. The van der Waals surface area contributed by atoms with Crippen LogP contribution in [0.1, 0.15) is 24.3 Å². The fourth-order valence-corrected chi connectivity index (χ4v) is 1.58. The molecule has 1 aromatic heterocycles. The van der Waals surface area contributed by atoms with Crippen LogP contribution in [0.3, 0.4) is 0 Å². The van der Waals surface area contributed by atoms with Gasteiger partial charge in [0, 0.05) is 12.0 Å². The molecule has 1 fully saturated rings. The molecule has 0 atom stereocenters. The molecule has 0 bridgehead atoms. The first-order valence-corrected chi connectivity index (χ1v) is 4.60. The van der Waals surface area contributed by atoms with E-state index in [0.717, 1.165) is 17.8 Å². The van der Waals surface area contributed by atoms with Crippen molar-refractivity contribution in [2.45, 2.75) is 31.2 Å². The molecule has 1 aliphatic carbocycles. The smallest absolute Gasteiger partial charge is 0.129 e. The Labute approximate surface area is 69.8 Å². The van der Waals surface area contributed by atoms with Crippen molar-refractivity contribution in [3.63, 3.8) is 0 Å². The number of hydrogen-bond donors (Lipinski definition) is 1. The topological polar surface area (TPSA) is 51.8 Å². The van der Waals surface area contributed by atoms with Gasteiger partial charge in [0.15, 0.2) is 0 Å². The lowest BCUT2D eigenvalue weighted by molar-refractivity contribution is 0.608. The van der Waals surface area contributed by atoms with Crippen LogP contribution in [0.2, 0.25) is 0 Å². The molecule has 60 valence electrons. The van der Waals surface area contributed by atoms with Crippen LogP contribution >= 0.6 is 11.5 Å². The fraction of sp³-hybridized carbons (Fsp3) is 0.714. The maximum Gasteiger partial charge on any atom is 0.129 e. The SMILES string of the molecule is NC1(CCc2ncns2)CC1. The van der Waals surface area contributed by atoms with E-state index in [1.54, 1.807) is 6.33 Å². The maximum absolute atomic E-state index is 5.92. The van der Waals surface area contributed by atoms with E-state index in [0.29, 0.717) is 0 Å². The summed E-state index contributed by atoms with van der Waals surface area (Å²) in [6.07, 6.45) is 6.05. The summed E-state index contributed by atoms with van der Waals surface area (Å²) in [7, 11) is 0. The minimum absolute atomic E-state index is 0.158. The molecule has 0 spiro atoms. The van der Waals surface area contributed by atoms with Crippen molar-refractivity contribution in [1.29, 1.82) is 0 Å². The van der Waals surface area contributed by atoms with Crippen LogP contribution in [0.5, 0.6) is 0 Å². The second-order valence-electron chi connectivity index (χ2n) is 3.20. The van der Waals surface area contributed by atoms with Crippen molar-refractivity contribution < 1.29 is 0 Å². The third-order valence-corrected chi connectivity index (χ3v) is 2.86. The molecule has 11 heavy (non-hydrogen) atoms. The molecule has 2 N–H and O–H groups in total. The van der Waals surface area contributed by atoms with Crippen molar-refractivity contribution in [3.8, 4) is 0 Å². The van der Waals surface area contributed by atoms with Gasteiger partial charge in [-0.05, 0) is 30.8 Å². The summed E-state index contributed by atoms with van der Waals surface area (Å²) in [6.45, 7) is 0. The lowest BCUT2D eigenvalue weighted by atomic mass is 10.1. The number of nitrogens with zero attached hydrogens (tertiary/aromatic N) is 2. The van der Waals surface area contributed by atoms with Crippen molar-refractivity contribution in [2.24, 2.45) is 5.73 Å². The molecule has 4 heteroatoms. The van der Waals surface area contributed by atoms with Crippen LogP contribution in [-0.2, 0) is 6.42 Å². The monoisotopic (exact) mass is 169 g/mol. The Morgan fingerprint density at radius 2 is 2.45 bits per heavy atom. The predicted octanol–water partition coefficient (Wildman–Crippen LogP) is 0.962. The Hall–Kier alpha value is -0.480. The van der Waals surface area contributed by atoms with Crippen molar-refractivity contribution in [3.05, 3.63) is 11.3 Å². The standard InChI is InChI=1S/C7H11N3S/c8-7(3-4-7)2-1-6-9-5-10-11-6/h5H,1-4,8H2. The van der Waals surface area contributed by atoms with Gasteiger partial charge < -0.3 is 5.73 Å². The second-order valence-corrected chi connectivity index (χ2v) is 4.06. The van der Waals surface area contributed by atoms with Gasteiger partial charge in [0.25, 0.3) is 0 Å². The van der Waals surface area contributed by atoms with Gasteiger partial charge in [-0.15, -0.1) is 0 Å². The summed E-state index contributed by atoms with van der Waals surface area (Å²) in [4.78, 5) is 4.10. The molecule has 2 rings (SSSR count). The number of aryl methyl sites for hydroxylation is 1. The van der Waals surface area contributed by atoms with Gasteiger partial charge in [-0.1, -0.05) is 0 Å². The molecule has 3 nitrogen and oxygen atoms in total. The van der Waals surface area contributed by atoms with E-state index >= 15 is 0 Å². The zero-order valence-corrected chi connectivity index (χ0v) is 7.10. The lowest BCUT2D eigenvalue weighted by Gasteiger charge is -2.04. The Morgan fingerprint density at radius 1 is 1.64 bits per heavy atom. The quantitative estimate of drug-likeness (QED) is 0.733. The van der Waals surface area contributed by atoms with Crippen molar-refractivity contribution in [2.75, 3.05) is 0 Å². The number of aromatic nitrogens is 2. The number of rotatable bonds is 3. The van der Waals surface area contributed by atoms with Crippen molar-refractivity contribution >= 4 is 11.5 Å². The zero-order valence-electron chi connectivity index (χ0n) is 6.29. The van der Waals surface area contributed by atoms with E-state index in [1.807, 2.05) is 0 Å². The summed E-state index contributed by atoms with van der Waals surface area (Å²) >= 11 is 1.47. The largest absolute Gasteiger partial charge is 0.325 e. The highest BCUT2D eigenvalue weighted by Crippen LogP contribution is 2.36. The normalized spacial score (nSPS) is 20.1. The third kappa shape index (κ3) is 1.75. The van der Waals surface area contributed by atoms with E-state index in [1.165, 1.54) is 24.4 Å². The van der Waals surface area contributed by atoms with Crippen LogP contribution in [-0.4, -0.2) is 14.9 Å². The van der Waals surface area contributed by atoms with Crippen LogP contribution in [0, 0.1) is 0 Å². The van der Waals surface area contributed by atoms with E-state index in [-0.39, 0.29) is 5.54 Å². The van der Waals surface area contributed by atoms with Crippen LogP contribution in [0.15, 0.2) is 6.33 Å². The molecule has 0 aliphatic heterocycles. The number of hydrogen-bond acceptors (Lipinski definition) is 4. The summed E-state index contributed by atoms with van der Waals surface area (Å²) in [5.41, 5.74) is 6.08. The minimum Gasteiger partial charge on any atom is -0.325 e. The molecule has 1 aromatic rings. The Bertz CT molecular complexity index is 228. The molecule has 0 radical (unpaired) electrons. The van der Waals surface area contributed by atoms with Crippen LogP contribution < -0.4 is 5.73 Å². The van der Waals surface area contributed by atoms with Gasteiger partial charge in [0.05, 0.1) is 0 Å². The average Bonchev–Trinajstić information content (AvgIpc) is 2.53. The summed E-state index contributed by atoms with van der Waals surface area (Å²) in [5, 5.41) is 1.11. The predicted molar refractivity (Wildman–Crippen MR) is 44.4 cm³/mol. The van der Waals surface area contributed by atoms with E-state index in [4.69, 9.17) is 5.73 Å². The maximum atomic E-state index is 5.92. The molecular formula is C7H11N3S. The molecule has 0 amide bonds. The molecule has 1 aliphatic rings. The van der Waals surface area contributed by atoms with Gasteiger partial charge in [-0.3, -0.25) is 0 Å². The molecule has 1 heterocycles. The molecule has 0 unspecified atom stereocenters. The van der Waals surface area contributed by atoms with E-state index < -0.39 is 0 Å². The van der Waals surface area contributed by atoms with Crippen LogP contribution in [0.4, 0.5) is 0 Å². The van der Waals surface area contributed by atoms with Gasteiger partial charge in [-0.25, -0.2) is 4.98 Å². The van der Waals surface area contributed by atoms with E-state index in [9.17, 15) is 0 Å². The summed E-state index contributed by atoms with van der Waals surface area (Å²) in [5.74, 6) is 0. The average molecular weight is 169 g/mol. The van der Waals surface area contributed by atoms with Gasteiger partial charge in [0.2, 0.25) is 0 Å². The van der Waals surface area contributed by atoms with Gasteiger partial charge >= 0.3 is 0 Å². The Kier molecular flexibility index (Phi) is 1.65. The first kappa shape index (κ1) is 7.18. The molecule has 0 saturated heterocycles. The summed E-state index contributed by atoms with van der Waals surface area (Å²) in [6, 6.07) is 0. The molecule has 1 saturated carbocycles. The van der Waals surface area contributed by atoms with Crippen molar-refractivity contribution in [1.82, 2.24) is 9.36 Å². The minimum atomic E-state index is 0.158. The molecule has 0 aromatic carbocycles. The van der Waals surface area contributed by atoms with Gasteiger partial charge in [0.1, 0.15) is 11.3 Å². The number of nitrogens with two attached hydrogens (primary N) is 1. The summed E-state index contributed by atoms with van der Waals surface area (Å²) < 4.78 is 3.93. The lowest BCUT2D eigenvalue weighted by Crippen LogP contribution is -2.21.